The number of sulfone groups is 1. The van der Waals surface area contributed by atoms with Gasteiger partial charge >= 0.3 is 0 Å². The van der Waals surface area contributed by atoms with E-state index in [2.05, 4.69) is 15.3 Å². The van der Waals surface area contributed by atoms with Gasteiger partial charge < -0.3 is 5.32 Å². The zero-order valence-corrected chi connectivity index (χ0v) is 16.6. The first kappa shape index (κ1) is 19.5. The second-order valence-electron chi connectivity index (χ2n) is 7.15. The molecule has 1 amide bonds. The monoisotopic (exact) mass is 387 g/mol. The molecule has 0 spiro atoms. The Morgan fingerprint density at radius 2 is 1.89 bits per heavy atom. The number of amides is 1. The van der Waals surface area contributed by atoms with Gasteiger partial charge in [0.05, 0.1) is 11.0 Å². The lowest BCUT2D eigenvalue weighted by Gasteiger charge is -2.22. The molecule has 0 radical (unpaired) electrons. The third kappa shape index (κ3) is 4.91. The summed E-state index contributed by atoms with van der Waals surface area (Å²) in [5, 5.41) is 2.42. The van der Waals surface area contributed by atoms with Gasteiger partial charge in [-0.15, -0.1) is 0 Å². The van der Waals surface area contributed by atoms with Crippen LogP contribution in [0.5, 0.6) is 0 Å². The van der Waals surface area contributed by atoms with E-state index in [-0.39, 0.29) is 16.9 Å². The van der Waals surface area contributed by atoms with Crippen LogP contribution in [0.25, 0.3) is 11.1 Å². The number of rotatable bonds is 5. The predicted molar refractivity (Wildman–Crippen MR) is 106 cm³/mol. The Balaban J connectivity index is 1.87. The molecule has 0 bridgehead atoms. The fraction of sp³-hybridized carbons (Fsp3) is 0.450. The highest BCUT2D eigenvalue weighted by atomic mass is 32.2. The Morgan fingerprint density at radius 3 is 2.59 bits per heavy atom. The third-order valence-corrected chi connectivity index (χ3v) is 7.21. The van der Waals surface area contributed by atoms with Crippen LogP contribution in [-0.2, 0) is 20.4 Å². The summed E-state index contributed by atoms with van der Waals surface area (Å²) in [4.78, 5) is 19.8. The van der Waals surface area contributed by atoms with Gasteiger partial charge in [0.25, 0.3) is 0 Å². The lowest BCUT2D eigenvalue weighted by molar-refractivity contribution is -0.114. The number of pyridine rings is 2. The van der Waals surface area contributed by atoms with E-state index in [9.17, 15) is 13.2 Å². The van der Waals surface area contributed by atoms with Gasteiger partial charge in [-0.1, -0.05) is 19.3 Å². The summed E-state index contributed by atoms with van der Waals surface area (Å²) >= 11 is 0. The minimum absolute atomic E-state index is 0.0218. The van der Waals surface area contributed by atoms with Gasteiger partial charge in [0.1, 0.15) is 5.82 Å². The number of hydrogen-bond acceptors (Lipinski definition) is 5. The lowest BCUT2D eigenvalue weighted by Crippen LogP contribution is -2.25. The molecule has 2 aromatic heterocycles. The first-order valence-electron chi connectivity index (χ1n) is 9.26. The van der Waals surface area contributed by atoms with Crippen LogP contribution in [0.3, 0.4) is 0 Å². The molecule has 1 fully saturated rings. The molecule has 1 saturated carbocycles. The molecule has 27 heavy (non-hydrogen) atoms. The Hall–Kier alpha value is -2.28. The average Bonchev–Trinajstić information content (AvgIpc) is 2.64. The highest BCUT2D eigenvalue weighted by Gasteiger charge is 2.28. The Kier molecular flexibility index (Phi) is 5.89. The molecule has 0 unspecified atom stereocenters. The van der Waals surface area contributed by atoms with Gasteiger partial charge in [-0.3, -0.25) is 9.78 Å². The normalized spacial score (nSPS) is 15.5. The molecule has 2 heterocycles. The van der Waals surface area contributed by atoms with E-state index in [1.165, 1.54) is 6.92 Å². The fourth-order valence-corrected chi connectivity index (χ4v) is 5.51. The van der Waals surface area contributed by atoms with Gasteiger partial charge in [-0.25, -0.2) is 13.4 Å². The molecule has 3 rings (SSSR count). The maximum Gasteiger partial charge on any atom is 0.222 e. The van der Waals surface area contributed by atoms with Crippen LogP contribution < -0.4 is 5.32 Å². The molecule has 144 valence electrons. The van der Waals surface area contributed by atoms with Crippen molar-refractivity contribution in [3.05, 3.63) is 41.9 Å². The second kappa shape index (κ2) is 8.17. The topological polar surface area (TPSA) is 89.0 Å². The third-order valence-electron chi connectivity index (χ3n) is 5.01. The first-order valence-corrected chi connectivity index (χ1v) is 11.0. The minimum Gasteiger partial charge on any atom is -0.311 e. The lowest BCUT2D eigenvalue weighted by atomic mass is 10.0. The van der Waals surface area contributed by atoms with Crippen molar-refractivity contribution in [3.8, 4) is 11.1 Å². The van der Waals surface area contributed by atoms with Crippen molar-refractivity contribution in [1.82, 2.24) is 9.97 Å². The molecular formula is C20H25N3O3S. The zero-order chi connectivity index (χ0) is 19.4. The number of nitrogens with one attached hydrogen (secondary N) is 1. The molecule has 7 heteroatoms. The molecule has 0 atom stereocenters. The van der Waals surface area contributed by atoms with Gasteiger partial charge in [0.15, 0.2) is 9.84 Å². The summed E-state index contributed by atoms with van der Waals surface area (Å²) in [7, 11) is -3.19. The van der Waals surface area contributed by atoms with Crippen LogP contribution in [0.15, 0.2) is 30.6 Å². The molecular weight excluding hydrogens is 362 g/mol. The van der Waals surface area contributed by atoms with Gasteiger partial charge in [-0.2, -0.15) is 0 Å². The largest absolute Gasteiger partial charge is 0.311 e. The van der Waals surface area contributed by atoms with Crippen LogP contribution >= 0.6 is 0 Å². The number of aromatic nitrogens is 2. The molecule has 6 nitrogen and oxygen atoms in total. The summed E-state index contributed by atoms with van der Waals surface area (Å²) in [6, 6.07) is 5.46. The second-order valence-corrected chi connectivity index (χ2v) is 9.43. The van der Waals surface area contributed by atoms with Crippen molar-refractivity contribution in [2.75, 3.05) is 5.32 Å². The van der Waals surface area contributed by atoms with E-state index < -0.39 is 9.84 Å². The molecule has 1 aliphatic carbocycles. The minimum atomic E-state index is -3.19. The van der Waals surface area contributed by atoms with E-state index in [0.29, 0.717) is 5.82 Å². The van der Waals surface area contributed by atoms with Crippen LogP contribution in [0.4, 0.5) is 5.82 Å². The summed E-state index contributed by atoms with van der Waals surface area (Å²) < 4.78 is 25.7. The zero-order valence-electron chi connectivity index (χ0n) is 15.7. The van der Waals surface area contributed by atoms with E-state index >= 15 is 0 Å². The number of anilines is 1. The summed E-state index contributed by atoms with van der Waals surface area (Å²) in [5.41, 5.74) is 3.10. The number of aryl methyl sites for hydroxylation is 1. The van der Waals surface area contributed by atoms with Crippen molar-refractivity contribution in [2.45, 2.75) is 57.0 Å². The molecule has 1 N–H and O–H groups in total. The molecule has 0 aromatic carbocycles. The summed E-state index contributed by atoms with van der Waals surface area (Å²) in [6.07, 6.45) is 7.96. The maximum atomic E-state index is 12.8. The fourth-order valence-electron chi connectivity index (χ4n) is 3.50. The van der Waals surface area contributed by atoms with Crippen LogP contribution in [0, 0.1) is 6.92 Å². The number of carbonyl (C=O) groups excluding carboxylic acids is 1. The van der Waals surface area contributed by atoms with E-state index in [1.54, 1.807) is 18.5 Å². The molecule has 2 aromatic rings. The standard InChI is InChI=1S/C20H25N3O3S/c1-14-18(13-27(25,26)19-6-4-3-5-7-19)10-17(12-22-14)16-8-9-21-20(11-16)23-15(2)24/h8-12,19H,3-7,13H2,1-2H3,(H,21,23,24). The SMILES string of the molecule is CC(=O)Nc1cc(-c2cnc(C)c(CS(=O)(=O)C3CCCCC3)c2)ccn1. The van der Waals surface area contributed by atoms with Crippen molar-refractivity contribution < 1.29 is 13.2 Å². The Morgan fingerprint density at radius 1 is 1.15 bits per heavy atom. The highest BCUT2D eigenvalue weighted by Crippen LogP contribution is 2.28. The molecule has 1 aliphatic rings. The number of nitrogens with zero attached hydrogens (tertiary/aromatic N) is 2. The number of carbonyl (C=O) groups is 1. The summed E-state index contributed by atoms with van der Waals surface area (Å²) in [6.45, 7) is 3.26. The quantitative estimate of drug-likeness (QED) is 0.846. The maximum absolute atomic E-state index is 12.8. The Bertz CT molecular complexity index is 935. The smallest absolute Gasteiger partial charge is 0.222 e. The van der Waals surface area contributed by atoms with Gasteiger partial charge in [0, 0.05) is 30.6 Å². The number of hydrogen-bond donors (Lipinski definition) is 1. The first-order chi connectivity index (χ1) is 12.8. The van der Waals surface area contributed by atoms with Crippen LogP contribution in [-0.4, -0.2) is 29.5 Å². The van der Waals surface area contributed by atoms with Crippen LogP contribution in [0.1, 0.15) is 50.3 Å². The van der Waals surface area contributed by atoms with E-state index in [0.717, 1.165) is 54.5 Å². The highest BCUT2D eigenvalue weighted by molar-refractivity contribution is 7.91. The van der Waals surface area contributed by atoms with Gasteiger partial charge in [0.2, 0.25) is 5.91 Å². The van der Waals surface area contributed by atoms with Crippen molar-refractivity contribution in [2.24, 2.45) is 0 Å². The Labute approximate surface area is 160 Å². The van der Waals surface area contributed by atoms with Gasteiger partial charge in [-0.05, 0) is 49.1 Å². The summed E-state index contributed by atoms with van der Waals surface area (Å²) in [5.74, 6) is 0.284. The van der Waals surface area contributed by atoms with E-state index in [4.69, 9.17) is 0 Å². The molecule has 0 saturated heterocycles. The molecule has 0 aliphatic heterocycles. The average molecular weight is 388 g/mol. The van der Waals surface area contributed by atoms with Crippen molar-refractivity contribution in [3.63, 3.8) is 0 Å². The van der Waals surface area contributed by atoms with Crippen molar-refractivity contribution in [1.29, 1.82) is 0 Å². The van der Waals surface area contributed by atoms with Crippen molar-refractivity contribution >= 4 is 21.6 Å². The van der Waals surface area contributed by atoms with E-state index in [1.807, 2.05) is 19.1 Å². The predicted octanol–water partition coefficient (Wildman–Crippen LogP) is 3.66. The van der Waals surface area contributed by atoms with Crippen LogP contribution in [0.2, 0.25) is 0 Å².